The molecule has 0 radical (unpaired) electrons. The highest BCUT2D eigenvalue weighted by Crippen LogP contribution is 2.43. The Morgan fingerprint density at radius 3 is 2.42 bits per heavy atom. The number of morpholine rings is 1. The van der Waals surface area contributed by atoms with Crippen molar-refractivity contribution in [2.75, 3.05) is 59.2 Å². The maximum atomic E-state index is 13.7. The van der Waals surface area contributed by atoms with Crippen molar-refractivity contribution in [2.45, 2.75) is 26.0 Å². The number of ether oxygens (including phenoxy) is 5. The van der Waals surface area contributed by atoms with Gasteiger partial charge in [-0.15, -0.1) is 0 Å². The predicted octanol–water partition coefficient (Wildman–Crippen LogP) is 4.58. The number of aliphatic hydroxyl groups excluding tert-OH is 1. The van der Waals surface area contributed by atoms with Gasteiger partial charge in [0.1, 0.15) is 25.6 Å². The van der Waals surface area contributed by atoms with Crippen LogP contribution < -0.4 is 18.9 Å². The third-order valence-electron chi connectivity index (χ3n) is 8.15. The Morgan fingerprint density at radius 2 is 1.64 bits per heavy atom. The minimum atomic E-state index is -0.828. The molecule has 3 aromatic carbocycles. The number of likely N-dealkylation sites (tertiary alicyclic amines) is 1. The molecule has 6 rings (SSSR count). The highest BCUT2D eigenvalue weighted by Gasteiger charge is 2.46. The molecular weight excluding hydrogens is 576 g/mol. The molecule has 3 aliphatic rings. The normalized spacial score (nSPS) is 19.5. The fourth-order valence-corrected chi connectivity index (χ4v) is 5.91. The largest absolute Gasteiger partial charge is 0.507 e. The minimum absolute atomic E-state index is 0.0171. The van der Waals surface area contributed by atoms with E-state index in [9.17, 15) is 14.7 Å². The lowest BCUT2D eigenvalue weighted by Crippen LogP contribution is -2.39. The van der Waals surface area contributed by atoms with Gasteiger partial charge in [0, 0.05) is 31.7 Å². The van der Waals surface area contributed by atoms with Crippen molar-refractivity contribution in [2.24, 2.45) is 0 Å². The molecule has 236 valence electrons. The average Bonchev–Trinajstić information content (AvgIpc) is 3.33. The van der Waals surface area contributed by atoms with Crippen molar-refractivity contribution in [1.29, 1.82) is 0 Å². The molecule has 0 bridgehead atoms. The standard InChI is InChI=1S/C35H38N2O8/c1-2-42-29-21-25(9-11-28(29)45-23-24-7-4-3-5-8-24)32-31(33(38)26-10-12-27-30(22-26)44-20-19-43-27)34(39)35(40)37(32)14-6-13-36-15-17-41-18-16-36/h3-5,7-12,21-22,32,38H,2,6,13-20,23H2,1H3/b33-31+/t32-/m0/s1. The zero-order valence-electron chi connectivity index (χ0n) is 25.4. The molecule has 45 heavy (non-hydrogen) atoms. The van der Waals surface area contributed by atoms with E-state index >= 15 is 0 Å². The fraction of sp³-hybridized carbons (Fsp3) is 0.371. The third kappa shape index (κ3) is 6.77. The Labute approximate surface area is 262 Å². The van der Waals surface area contributed by atoms with Crippen LogP contribution in [0, 0.1) is 0 Å². The second kappa shape index (κ2) is 14.0. The van der Waals surface area contributed by atoms with Crippen LogP contribution in [0.4, 0.5) is 0 Å². The van der Waals surface area contributed by atoms with Crippen LogP contribution in [0.1, 0.15) is 36.1 Å². The maximum absolute atomic E-state index is 13.7. The summed E-state index contributed by atoms with van der Waals surface area (Å²) in [5.41, 5.74) is 2.03. The van der Waals surface area contributed by atoms with Crippen molar-refractivity contribution in [3.8, 4) is 23.0 Å². The molecule has 3 aromatic rings. The van der Waals surface area contributed by atoms with Gasteiger partial charge >= 0.3 is 0 Å². The van der Waals surface area contributed by atoms with Crippen molar-refractivity contribution in [3.63, 3.8) is 0 Å². The van der Waals surface area contributed by atoms with E-state index < -0.39 is 17.7 Å². The van der Waals surface area contributed by atoms with Gasteiger partial charge in [-0.25, -0.2) is 0 Å². The molecular formula is C35H38N2O8. The Morgan fingerprint density at radius 1 is 0.867 bits per heavy atom. The summed E-state index contributed by atoms with van der Waals surface area (Å²) < 4.78 is 28.9. The quantitative estimate of drug-likeness (QED) is 0.189. The molecule has 0 unspecified atom stereocenters. The first-order chi connectivity index (χ1) is 22.0. The molecule has 3 aliphatic heterocycles. The molecule has 2 saturated heterocycles. The van der Waals surface area contributed by atoms with Crippen LogP contribution in [0.25, 0.3) is 5.76 Å². The molecule has 1 N–H and O–H groups in total. The zero-order valence-corrected chi connectivity index (χ0v) is 25.4. The van der Waals surface area contributed by atoms with E-state index in [4.69, 9.17) is 23.7 Å². The van der Waals surface area contributed by atoms with Gasteiger partial charge in [-0.2, -0.15) is 0 Å². The number of ketones is 1. The molecule has 0 spiro atoms. The lowest BCUT2D eigenvalue weighted by atomic mass is 9.94. The number of hydrogen-bond donors (Lipinski definition) is 1. The Hall–Kier alpha value is -4.54. The highest BCUT2D eigenvalue weighted by atomic mass is 16.6. The number of fused-ring (bicyclic) bond motifs is 1. The van der Waals surface area contributed by atoms with E-state index in [1.54, 1.807) is 35.2 Å². The summed E-state index contributed by atoms with van der Waals surface area (Å²) in [4.78, 5) is 31.1. The van der Waals surface area contributed by atoms with E-state index in [2.05, 4.69) is 4.90 Å². The average molecular weight is 615 g/mol. The first-order valence-corrected chi connectivity index (χ1v) is 15.5. The molecule has 1 atom stereocenters. The number of benzene rings is 3. The van der Waals surface area contributed by atoms with Crippen LogP contribution in [0.2, 0.25) is 0 Å². The first-order valence-electron chi connectivity index (χ1n) is 15.5. The minimum Gasteiger partial charge on any atom is -0.507 e. The van der Waals surface area contributed by atoms with Gasteiger partial charge < -0.3 is 33.7 Å². The summed E-state index contributed by atoms with van der Waals surface area (Å²) in [5.74, 6) is 0.410. The number of carbonyl (C=O) groups excluding carboxylic acids is 2. The van der Waals surface area contributed by atoms with Gasteiger partial charge in [0.05, 0.1) is 31.4 Å². The predicted molar refractivity (Wildman–Crippen MR) is 167 cm³/mol. The lowest BCUT2D eigenvalue weighted by molar-refractivity contribution is -0.140. The van der Waals surface area contributed by atoms with Gasteiger partial charge in [0.15, 0.2) is 23.0 Å². The van der Waals surface area contributed by atoms with Gasteiger partial charge in [0.2, 0.25) is 0 Å². The fourth-order valence-electron chi connectivity index (χ4n) is 5.91. The SMILES string of the molecule is CCOc1cc([C@H]2/C(=C(\O)c3ccc4c(c3)OCCO4)C(=O)C(=O)N2CCCN2CCOCC2)ccc1OCc1ccccc1. The topological polar surface area (TPSA) is 107 Å². The summed E-state index contributed by atoms with van der Waals surface area (Å²) in [6.45, 7) is 7.55. The summed E-state index contributed by atoms with van der Waals surface area (Å²) >= 11 is 0. The molecule has 1 amide bonds. The second-order valence-electron chi connectivity index (χ2n) is 11.1. The van der Waals surface area contributed by atoms with Crippen LogP contribution in [-0.2, 0) is 20.9 Å². The van der Waals surface area contributed by atoms with Gasteiger partial charge in [0.25, 0.3) is 11.7 Å². The van der Waals surface area contributed by atoms with Crippen molar-refractivity contribution >= 4 is 17.4 Å². The van der Waals surface area contributed by atoms with Crippen molar-refractivity contribution < 1.29 is 38.4 Å². The second-order valence-corrected chi connectivity index (χ2v) is 11.1. The van der Waals surface area contributed by atoms with Crippen molar-refractivity contribution in [1.82, 2.24) is 9.80 Å². The van der Waals surface area contributed by atoms with E-state index in [-0.39, 0.29) is 11.3 Å². The Bertz CT molecular complexity index is 1550. The van der Waals surface area contributed by atoms with Gasteiger partial charge in [-0.3, -0.25) is 14.5 Å². The molecule has 10 heteroatoms. The lowest BCUT2D eigenvalue weighted by Gasteiger charge is -2.29. The van der Waals surface area contributed by atoms with Gasteiger partial charge in [-0.1, -0.05) is 36.4 Å². The first kappa shape index (κ1) is 30.5. The Balaban J connectivity index is 1.35. The van der Waals surface area contributed by atoms with Crippen LogP contribution in [0.3, 0.4) is 0 Å². The smallest absolute Gasteiger partial charge is 0.295 e. The van der Waals surface area contributed by atoms with E-state index in [0.29, 0.717) is 86.7 Å². The number of hydrogen-bond acceptors (Lipinski definition) is 9. The number of carbonyl (C=O) groups is 2. The summed E-state index contributed by atoms with van der Waals surface area (Å²) in [6.07, 6.45) is 0.657. The summed E-state index contributed by atoms with van der Waals surface area (Å²) in [5, 5.41) is 11.6. The summed E-state index contributed by atoms with van der Waals surface area (Å²) in [7, 11) is 0. The number of nitrogens with zero attached hydrogens (tertiary/aromatic N) is 2. The number of rotatable bonds is 11. The van der Waals surface area contributed by atoms with E-state index in [1.165, 1.54) is 0 Å². The molecule has 10 nitrogen and oxygen atoms in total. The van der Waals surface area contributed by atoms with Crippen molar-refractivity contribution in [3.05, 3.63) is 89.0 Å². The number of amides is 1. The van der Waals surface area contributed by atoms with Crippen LogP contribution in [0.5, 0.6) is 23.0 Å². The highest BCUT2D eigenvalue weighted by molar-refractivity contribution is 6.46. The summed E-state index contributed by atoms with van der Waals surface area (Å²) in [6, 6.07) is 19.4. The molecule has 0 aliphatic carbocycles. The van der Waals surface area contributed by atoms with E-state index in [0.717, 1.165) is 25.2 Å². The monoisotopic (exact) mass is 614 g/mol. The third-order valence-corrected chi connectivity index (χ3v) is 8.15. The zero-order chi connectivity index (χ0) is 31.2. The van der Waals surface area contributed by atoms with Gasteiger partial charge in [-0.05, 0) is 54.8 Å². The molecule has 3 heterocycles. The van der Waals surface area contributed by atoms with E-state index in [1.807, 2.05) is 43.3 Å². The molecule has 2 fully saturated rings. The van der Waals surface area contributed by atoms with Crippen LogP contribution in [-0.4, -0.2) is 85.8 Å². The maximum Gasteiger partial charge on any atom is 0.295 e. The molecule has 0 saturated carbocycles. The molecule has 0 aromatic heterocycles. The van der Waals surface area contributed by atoms with Crippen LogP contribution in [0.15, 0.2) is 72.3 Å². The number of aliphatic hydroxyl groups is 1. The number of Topliss-reactive ketones (excluding diaryl/α,β-unsaturated/α-hetero) is 1. The van der Waals surface area contributed by atoms with Crippen LogP contribution >= 0.6 is 0 Å². The Kier molecular flexibility index (Phi) is 9.52.